The molecule has 158 valence electrons. The number of nitrogens with one attached hydrogen (secondary N) is 1. The van der Waals surface area contributed by atoms with E-state index in [1.807, 2.05) is 19.1 Å². The highest BCUT2D eigenvalue weighted by Crippen LogP contribution is 2.25. The molecule has 4 aromatic rings. The maximum absolute atomic E-state index is 12.7. The Kier molecular flexibility index (Phi) is 5.26. The van der Waals surface area contributed by atoms with E-state index in [1.165, 1.54) is 11.7 Å². The van der Waals surface area contributed by atoms with Gasteiger partial charge in [0.2, 0.25) is 0 Å². The number of carbonyl (C=O) groups excluding carboxylic acids is 1. The summed E-state index contributed by atoms with van der Waals surface area (Å²) in [5.41, 5.74) is 7.49. The van der Waals surface area contributed by atoms with E-state index in [1.54, 1.807) is 36.4 Å². The number of aliphatic hydroxyl groups excluding tert-OH is 1. The van der Waals surface area contributed by atoms with Crippen molar-refractivity contribution < 1.29 is 14.6 Å². The highest BCUT2D eigenvalue weighted by atomic mass is 16.5. The Hall–Kier alpha value is -3.98. The Bertz CT molecular complexity index is 1320. The molecule has 31 heavy (non-hydrogen) atoms. The van der Waals surface area contributed by atoms with E-state index in [-0.39, 0.29) is 35.2 Å². The Labute approximate surface area is 177 Å². The number of aromatic amines is 1. The first kappa shape index (κ1) is 20.3. The Balaban J connectivity index is 1.94. The number of rotatable bonds is 6. The van der Waals surface area contributed by atoms with Gasteiger partial charge in [-0.15, -0.1) is 0 Å². The molecule has 0 fully saturated rings. The molecule has 4 rings (SSSR count). The number of carbonyl (C=O) groups is 1. The van der Waals surface area contributed by atoms with Crippen molar-refractivity contribution in [3.63, 3.8) is 0 Å². The van der Waals surface area contributed by atoms with Crippen molar-refractivity contribution >= 4 is 17.1 Å². The highest BCUT2D eigenvalue weighted by Gasteiger charge is 2.20. The SMILES string of the molecule is COc1cccc(-n2c(=O)[nH]c3c(C(N)=O)nc(-c4ccc(C(C)CO)cc4)nc32)c1. The number of hydrogen-bond donors (Lipinski definition) is 3. The van der Waals surface area contributed by atoms with Crippen LogP contribution < -0.4 is 16.2 Å². The van der Waals surface area contributed by atoms with E-state index in [9.17, 15) is 14.7 Å². The molecule has 0 bridgehead atoms. The largest absolute Gasteiger partial charge is 0.497 e. The summed E-state index contributed by atoms with van der Waals surface area (Å²) in [6, 6.07) is 14.2. The summed E-state index contributed by atoms with van der Waals surface area (Å²) in [7, 11) is 1.53. The molecule has 9 heteroatoms. The van der Waals surface area contributed by atoms with Gasteiger partial charge in [0.1, 0.15) is 11.3 Å². The summed E-state index contributed by atoms with van der Waals surface area (Å²) < 4.78 is 6.59. The van der Waals surface area contributed by atoms with Crippen LogP contribution in [-0.2, 0) is 0 Å². The number of ether oxygens (including phenoxy) is 1. The number of H-pyrrole nitrogens is 1. The number of imidazole rings is 1. The zero-order valence-corrected chi connectivity index (χ0v) is 17.0. The quantitative estimate of drug-likeness (QED) is 0.437. The highest BCUT2D eigenvalue weighted by molar-refractivity contribution is 6.02. The van der Waals surface area contributed by atoms with Crippen molar-refractivity contribution in [1.82, 2.24) is 19.5 Å². The fourth-order valence-electron chi connectivity index (χ4n) is 3.35. The third-order valence-corrected chi connectivity index (χ3v) is 5.09. The van der Waals surface area contributed by atoms with Gasteiger partial charge in [-0.25, -0.2) is 19.3 Å². The van der Waals surface area contributed by atoms with Crippen molar-refractivity contribution in [2.45, 2.75) is 12.8 Å². The predicted octanol–water partition coefficient (Wildman–Crippen LogP) is 1.98. The first-order chi connectivity index (χ1) is 14.9. The molecule has 2 heterocycles. The van der Waals surface area contributed by atoms with Crippen LogP contribution in [0.25, 0.3) is 28.2 Å². The Morgan fingerprint density at radius 1 is 1.23 bits per heavy atom. The van der Waals surface area contributed by atoms with E-state index in [0.29, 0.717) is 17.0 Å². The van der Waals surface area contributed by atoms with Gasteiger partial charge in [0.15, 0.2) is 17.2 Å². The number of primary amides is 1. The molecule has 0 aliphatic carbocycles. The van der Waals surface area contributed by atoms with Crippen molar-refractivity contribution in [2.75, 3.05) is 13.7 Å². The van der Waals surface area contributed by atoms with Gasteiger partial charge >= 0.3 is 5.69 Å². The van der Waals surface area contributed by atoms with Gasteiger partial charge in [0.25, 0.3) is 5.91 Å². The van der Waals surface area contributed by atoms with E-state index >= 15 is 0 Å². The lowest BCUT2D eigenvalue weighted by atomic mass is 10.0. The average molecular weight is 419 g/mol. The maximum Gasteiger partial charge on any atom is 0.332 e. The van der Waals surface area contributed by atoms with Gasteiger partial charge in [-0.2, -0.15) is 0 Å². The van der Waals surface area contributed by atoms with Crippen LogP contribution in [-0.4, -0.2) is 44.2 Å². The van der Waals surface area contributed by atoms with Crippen molar-refractivity contribution in [3.05, 3.63) is 70.3 Å². The summed E-state index contributed by atoms with van der Waals surface area (Å²) in [6.45, 7) is 1.94. The molecule has 2 aromatic carbocycles. The summed E-state index contributed by atoms with van der Waals surface area (Å²) in [5.74, 6) is 0.0247. The van der Waals surface area contributed by atoms with Gasteiger partial charge in [0, 0.05) is 24.2 Å². The van der Waals surface area contributed by atoms with Gasteiger partial charge in [0.05, 0.1) is 12.8 Å². The second-order valence-electron chi connectivity index (χ2n) is 7.13. The fraction of sp³-hybridized carbons (Fsp3) is 0.182. The molecular weight excluding hydrogens is 398 g/mol. The number of nitrogens with zero attached hydrogens (tertiary/aromatic N) is 3. The van der Waals surface area contributed by atoms with E-state index in [0.717, 1.165) is 5.56 Å². The molecule has 0 aliphatic heterocycles. The van der Waals surface area contributed by atoms with Crippen LogP contribution in [0.1, 0.15) is 28.9 Å². The van der Waals surface area contributed by atoms with Gasteiger partial charge in [-0.05, 0) is 17.7 Å². The maximum atomic E-state index is 12.7. The second kappa shape index (κ2) is 8.04. The molecule has 0 saturated carbocycles. The molecule has 0 radical (unpaired) electrons. The lowest BCUT2D eigenvalue weighted by Gasteiger charge is -2.10. The molecule has 0 aliphatic rings. The van der Waals surface area contributed by atoms with Crippen LogP contribution in [0, 0.1) is 0 Å². The molecule has 1 unspecified atom stereocenters. The molecule has 4 N–H and O–H groups in total. The Morgan fingerprint density at radius 3 is 2.61 bits per heavy atom. The molecular formula is C22H21N5O4. The van der Waals surface area contributed by atoms with Gasteiger partial charge in [-0.3, -0.25) is 4.79 Å². The van der Waals surface area contributed by atoms with E-state index in [4.69, 9.17) is 10.5 Å². The number of aliphatic hydroxyl groups is 1. The summed E-state index contributed by atoms with van der Waals surface area (Å²) in [4.78, 5) is 36.3. The minimum Gasteiger partial charge on any atom is -0.497 e. The molecule has 1 atom stereocenters. The first-order valence-electron chi connectivity index (χ1n) is 9.61. The molecule has 0 spiro atoms. The normalized spacial score (nSPS) is 12.1. The zero-order chi connectivity index (χ0) is 22.1. The summed E-state index contributed by atoms with van der Waals surface area (Å²) in [6.07, 6.45) is 0. The number of nitrogens with two attached hydrogens (primary N) is 1. The van der Waals surface area contributed by atoms with Gasteiger partial charge < -0.3 is 20.6 Å². The minimum atomic E-state index is -0.779. The van der Waals surface area contributed by atoms with Crippen molar-refractivity contribution in [3.8, 4) is 22.8 Å². The smallest absolute Gasteiger partial charge is 0.332 e. The predicted molar refractivity (Wildman–Crippen MR) is 115 cm³/mol. The van der Waals surface area contributed by atoms with E-state index in [2.05, 4.69) is 15.0 Å². The summed E-state index contributed by atoms with van der Waals surface area (Å²) >= 11 is 0. The topological polar surface area (TPSA) is 136 Å². The molecule has 2 aromatic heterocycles. The zero-order valence-electron chi connectivity index (χ0n) is 17.0. The number of benzene rings is 2. The van der Waals surface area contributed by atoms with E-state index < -0.39 is 11.6 Å². The van der Waals surface area contributed by atoms with Crippen LogP contribution in [0.15, 0.2) is 53.3 Å². The van der Waals surface area contributed by atoms with Gasteiger partial charge in [-0.1, -0.05) is 37.3 Å². The van der Waals surface area contributed by atoms with Crippen LogP contribution in [0.2, 0.25) is 0 Å². The number of hydrogen-bond acceptors (Lipinski definition) is 6. The average Bonchev–Trinajstić information content (AvgIpc) is 3.13. The second-order valence-corrected chi connectivity index (χ2v) is 7.13. The number of amides is 1. The van der Waals surface area contributed by atoms with Crippen molar-refractivity contribution in [2.24, 2.45) is 5.73 Å². The third kappa shape index (κ3) is 3.66. The number of methoxy groups -OCH3 is 1. The van der Waals surface area contributed by atoms with Crippen LogP contribution in [0.5, 0.6) is 5.75 Å². The van der Waals surface area contributed by atoms with Crippen molar-refractivity contribution in [1.29, 1.82) is 0 Å². The Morgan fingerprint density at radius 2 is 1.97 bits per heavy atom. The molecule has 0 saturated heterocycles. The monoisotopic (exact) mass is 419 g/mol. The lowest BCUT2D eigenvalue weighted by Crippen LogP contribution is -2.15. The molecule has 1 amide bonds. The van der Waals surface area contributed by atoms with Crippen LogP contribution in [0.3, 0.4) is 0 Å². The standard InChI is InChI=1S/C22H21N5O4/c1-12(11-28)13-6-8-14(9-7-13)20-24-17(19(23)29)18-21(26-20)27(22(30)25-18)15-4-3-5-16(10-15)31-2/h3-10,12,28H,11H2,1-2H3,(H2,23,29)(H,25,30). The minimum absolute atomic E-state index is 0.0125. The van der Waals surface area contributed by atoms with Crippen LogP contribution in [0.4, 0.5) is 0 Å². The van der Waals surface area contributed by atoms with Crippen LogP contribution >= 0.6 is 0 Å². The number of aromatic nitrogens is 4. The first-order valence-corrected chi connectivity index (χ1v) is 9.61. The lowest BCUT2D eigenvalue weighted by molar-refractivity contribution is 0.0997. The third-order valence-electron chi connectivity index (χ3n) is 5.09. The fourth-order valence-corrected chi connectivity index (χ4v) is 3.35. The number of fused-ring (bicyclic) bond motifs is 1. The summed E-state index contributed by atoms with van der Waals surface area (Å²) in [5, 5.41) is 9.35. The molecule has 9 nitrogen and oxygen atoms in total.